The minimum absolute atomic E-state index is 0.0166. The molecule has 1 N–H and O–H groups in total. The Balaban J connectivity index is 2.04. The maximum absolute atomic E-state index is 12.4. The van der Waals surface area contributed by atoms with Crippen molar-refractivity contribution in [2.75, 3.05) is 6.54 Å². The van der Waals surface area contributed by atoms with Gasteiger partial charge < -0.3 is 9.88 Å². The van der Waals surface area contributed by atoms with Crippen LogP contribution in [0.2, 0.25) is 0 Å². The van der Waals surface area contributed by atoms with E-state index in [1.807, 2.05) is 16.8 Å². The fraction of sp³-hybridized carbons (Fsp3) is 0.688. The Morgan fingerprint density at radius 1 is 1.35 bits per heavy atom. The molecule has 3 nitrogen and oxygen atoms in total. The van der Waals surface area contributed by atoms with Gasteiger partial charge in [0.25, 0.3) is 5.91 Å². The molecule has 0 spiro atoms. The van der Waals surface area contributed by atoms with E-state index in [1.54, 1.807) is 0 Å². The number of amides is 1. The van der Waals surface area contributed by atoms with Gasteiger partial charge in [0, 0.05) is 23.3 Å². The van der Waals surface area contributed by atoms with Crippen LogP contribution in [0.25, 0.3) is 0 Å². The molecule has 0 unspecified atom stereocenters. The predicted molar refractivity (Wildman–Crippen MR) is 85.9 cm³/mol. The second-order valence-corrected chi connectivity index (χ2v) is 8.17. The molecule has 1 aromatic heterocycles. The first-order valence-corrected chi connectivity index (χ1v) is 8.04. The Hall–Kier alpha value is -0.770. The van der Waals surface area contributed by atoms with Crippen molar-refractivity contribution in [1.82, 2.24) is 9.88 Å². The van der Waals surface area contributed by atoms with Gasteiger partial charge in [0.15, 0.2) is 0 Å². The Morgan fingerprint density at radius 2 is 1.90 bits per heavy atom. The highest BCUT2D eigenvalue weighted by atomic mass is 79.9. The average molecular weight is 341 g/mol. The molecule has 0 aromatic carbocycles. The highest BCUT2D eigenvalue weighted by Crippen LogP contribution is 2.67. The zero-order valence-electron chi connectivity index (χ0n) is 13.2. The zero-order chi connectivity index (χ0) is 15.3. The van der Waals surface area contributed by atoms with Gasteiger partial charge in [-0.3, -0.25) is 4.79 Å². The molecule has 1 amide bonds. The van der Waals surface area contributed by atoms with E-state index >= 15 is 0 Å². The summed E-state index contributed by atoms with van der Waals surface area (Å²) in [4.78, 5) is 12.4. The molecule has 4 heteroatoms. The molecule has 0 aliphatic heterocycles. The first-order valence-electron chi connectivity index (χ1n) is 7.24. The second-order valence-electron chi connectivity index (χ2n) is 7.25. The zero-order valence-corrected chi connectivity index (χ0v) is 14.8. The Morgan fingerprint density at radius 3 is 2.35 bits per heavy atom. The summed E-state index contributed by atoms with van der Waals surface area (Å²) in [5.41, 5.74) is 1.34. The summed E-state index contributed by atoms with van der Waals surface area (Å²) in [5, 5.41) is 3.10. The summed E-state index contributed by atoms with van der Waals surface area (Å²) in [5.74, 6) is 0.563. The third-order valence-corrected chi connectivity index (χ3v) is 5.82. The molecule has 0 radical (unpaired) electrons. The van der Waals surface area contributed by atoms with Crippen LogP contribution in [0.4, 0.5) is 0 Å². The van der Waals surface area contributed by atoms with Gasteiger partial charge in [-0.15, -0.1) is 0 Å². The quantitative estimate of drug-likeness (QED) is 0.873. The van der Waals surface area contributed by atoms with E-state index < -0.39 is 0 Å². The van der Waals surface area contributed by atoms with E-state index in [9.17, 15) is 4.79 Å². The normalized spacial score (nSPS) is 20.2. The lowest BCUT2D eigenvalue weighted by molar-refractivity contribution is 0.0939. The minimum Gasteiger partial charge on any atom is -0.350 e. The minimum atomic E-state index is 0.0166. The van der Waals surface area contributed by atoms with Crippen LogP contribution in [0.15, 0.2) is 16.7 Å². The Kier molecular flexibility index (Phi) is 3.83. The van der Waals surface area contributed by atoms with Gasteiger partial charge in [-0.1, -0.05) is 27.7 Å². The highest BCUT2D eigenvalue weighted by molar-refractivity contribution is 9.10. The van der Waals surface area contributed by atoms with E-state index in [1.165, 1.54) is 0 Å². The van der Waals surface area contributed by atoms with Crippen molar-refractivity contribution in [3.8, 4) is 0 Å². The summed E-state index contributed by atoms with van der Waals surface area (Å²) < 4.78 is 2.95. The lowest BCUT2D eigenvalue weighted by atomic mass is 10.0. The van der Waals surface area contributed by atoms with Crippen molar-refractivity contribution in [3.63, 3.8) is 0 Å². The molecule has 1 aromatic rings. The van der Waals surface area contributed by atoms with Crippen LogP contribution in [0, 0.1) is 16.7 Å². The van der Waals surface area contributed by atoms with Crippen LogP contribution in [-0.4, -0.2) is 17.0 Å². The molecule has 1 aliphatic carbocycles. The number of hydrogen-bond donors (Lipinski definition) is 1. The van der Waals surface area contributed by atoms with Crippen LogP contribution < -0.4 is 5.32 Å². The smallest absolute Gasteiger partial charge is 0.267 e. The van der Waals surface area contributed by atoms with Gasteiger partial charge >= 0.3 is 0 Å². The first kappa shape index (κ1) is 15.6. The first-order chi connectivity index (χ1) is 9.09. The van der Waals surface area contributed by atoms with Gasteiger partial charge in [-0.2, -0.15) is 0 Å². The standard InChI is InChI=1S/C16H25BrN2O/c1-10(2)19-9-11(17)7-12(19)14(20)18-8-13-15(3,4)16(13,5)6/h7,9-10,13H,8H2,1-6H3,(H,18,20). The van der Waals surface area contributed by atoms with Gasteiger partial charge in [0.05, 0.1) is 0 Å². The summed E-state index contributed by atoms with van der Waals surface area (Å²) in [6.07, 6.45) is 1.96. The van der Waals surface area contributed by atoms with Crippen molar-refractivity contribution in [2.45, 2.75) is 47.6 Å². The van der Waals surface area contributed by atoms with Crippen molar-refractivity contribution in [1.29, 1.82) is 0 Å². The number of carbonyl (C=O) groups is 1. The third-order valence-electron chi connectivity index (χ3n) is 5.39. The topological polar surface area (TPSA) is 34.0 Å². The van der Waals surface area contributed by atoms with E-state index in [-0.39, 0.29) is 11.9 Å². The van der Waals surface area contributed by atoms with E-state index in [2.05, 4.69) is 62.8 Å². The van der Waals surface area contributed by atoms with E-state index in [0.29, 0.717) is 16.7 Å². The molecular weight excluding hydrogens is 316 g/mol. The fourth-order valence-electron chi connectivity index (χ4n) is 3.18. The molecule has 1 saturated carbocycles. The molecule has 0 bridgehead atoms. The van der Waals surface area contributed by atoms with Crippen LogP contribution in [0.1, 0.15) is 58.1 Å². The lowest BCUT2D eigenvalue weighted by Gasteiger charge is -2.13. The number of nitrogens with one attached hydrogen (secondary N) is 1. The van der Waals surface area contributed by atoms with Crippen LogP contribution in [0.5, 0.6) is 0 Å². The molecule has 2 rings (SSSR count). The number of hydrogen-bond acceptors (Lipinski definition) is 1. The van der Waals surface area contributed by atoms with Gasteiger partial charge in [0.2, 0.25) is 0 Å². The number of aromatic nitrogens is 1. The predicted octanol–water partition coefficient (Wildman–Crippen LogP) is 4.24. The maximum Gasteiger partial charge on any atom is 0.267 e. The molecule has 1 aliphatic rings. The van der Waals surface area contributed by atoms with E-state index in [0.717, 1.165) is 16.7 Å². The van der Waals surface area contributed by atoms with Crippen LogP contribution >= 0.6 is 15.9 Å². The molecule has 112 valence electrons. The molecule has 20 heavy (non-hydrogen) atoms. The summed E-state index contributed by atoms with van der Waals surface area (Å²) in [6.45, 7) is 14.0. The Labute approximate surface area is 130 Å². The van der Waals surface area contributed by atoms with Crippen molar-refractivity contribution in [3.05, 3.63) is 22.4 Å². The number of halogens is 1. The maximum atomic E-state index is 12.4. The van der Waals surface area contributed by atoms with Crippen molar-refractivity contribution < 1.29 is 4.79 Å². The van der Waals surface area contributed by atoms with Gasteiger partial charge in [-0.05, 0) is 52.6 Å². The fourth-order valence-corrected chi connectivity index (χ4v) is 3.62. The molecule has 0 saturated heterocycles. The molecular formula is C16H25BrN2O. The van der Waals surface area contributed by atoms with Crippen molar-refractivity contribution in [2.24, 2.45) is 16.7 Å². The monoisotopic (exact) mass is 340 g/mol. The van der Waals surface area contributed by atoms with Gasteiger partial charge in [0.1, 0.15) is 5.69 Å². The third kappa shape index (κ3) is 2.43. The number of nitrogens with zero attached hydrogens (tertiary/aromatic N) is 1. The summed E-state index contributed by atoms with van der Waals surface area (Å²) >= 11 is 3.45. The molecule has 1 fully saturated rings. The molecule has 0 atom stereocenters. The summed E-state index contributed by atoms with van der Waals surface area (Å²) in [7, 11) is 0. The van der Waals surface area contributed by atoms with E-state index in [4.69, 9.17) is 0 Å². The van der Waals surface area contributed by atoms with Crippen LogP contribution in [-0.2, 0) is 0 Å². The lowest BCUT2D eigenvalue weighted by Crippen LogP contribution is -2.29. The Bertz CT molecular complexity index is 515. The average Bonchev–Trinajstić information content (AvgIpc) is 2.65. The van der Waals surface area contributed by atoms with Crippen LogP contribution in [0.3, 0.4) is 0 Å². The number of carbonyl (C=O) groups excluding carboxylic acids is 1. The molecule has 1 heterocycles. The van der Waals surface area contributed by atoms with Gasteiger partial charge in [-0.25, -0.2) is 0 Å². The summed E-state index contributed by atoms with van der Waals surface area (Å²) in [6, 6.07) is 2.16. The highest BCUT2D eigenvalue weighted by Gasteiger charge is 2.64. The van der Waals surface area contributed by atoms with Crippen molar-refractivity contribution >= 4 is 21.8 Å². The SMILES string of the molecule is CC(C)n1cc(Br)cc1C(=O)NCC1C(C)(C)C1(C)C. The second kappa shape index (κ2) is 4.90. The largest absolute Gasteiger partial charge is 0.350 e. The number of rotatable bonds is 4.